The van der Waals surface area contributed by atoms with Gasteiger partial charge in [-0.05, 0) is 55.5 Å². The zero-order valence-corrected chi connectivity index (χ0v) is 13.0. The van der Waals surface area contributed by atoms with Crippen LogP contribution < -0.4 is 5.32 Å². The van der Waals surface area contributed by atoms with E-state index in [-0.39, 0.29) is 0 Å². The van der Waals surface area contributed by atoms with Gasteiger partial charge in [0, 0.05) is 11.4 Å². The van der Waals surface area contributed by atoms with Gasteiger partial charge in [-0.15, -0.1) is 11.8 Å². The van der Waals surface area contributed by atoms with E-state index in [0.717, 1.165) is 0 Å². The Hall–Kier alpha value is -0.470. The number of nitrogens with one attached hydrogen (secondary N) is 1. The van der Waals surface area contributed by atoms with Crippen molar-refractivity contribution in [2.24, 2.45) is 5.41 Å². The third kappa shape index (κ3) is 4.85. The molecule has 0 radical (unpaired) electrons. The highest BCUT2D eigenvalue weighted by molar-refractivity contribution is 7.99. The molecule has 0 atom stereocenters. The summed E-state index contributed by atoms with van der Waals surface area (Å²) >= 11 is 2.02. The molecule has 0 bridgehead atoms. The Morgan fingerprint density at radius 1 is 1.16 bits per heavy atom. The molecule has 106 valence electrons. The zero-order valence-electron chi connectivity index (χ0n) is 12.2. The van der Waals surface area contributed by atoms with Gasteiger partial charge in [0.05, 0.1) is 0 Å². The molecule has 1 aliphatic rings. The first-order valence-electron chi connectivity index (χ1n) is 7.73. The largest absolute Gasteiger partial charge is 0.316 e. The maximum Gasteiger partial charge on any atom is 0.00719 e. The van der Waals surface area contributed by atoms with E-state index in [2.05, 4.69) is 42.6 Å². The lowest BCUT2D eigenvalue weighted by Gasteiger charge is -2.29. The minimum atomic E-state index is 0.594. The van der Waals surface area contributed by atoms with Gasteiger partial charge in [-0.3, -0.25) is 0 Å². The molecule has 0 aromatic heterocycles. The molecule has 1 fully saturated rings. The first kappa shape index (κ1) is 14.9. The van der Waals surface area contributed by atoms with Crippen molar-refractivity contribution < 1.29 is 0 Å². The van der Waals surface area contributed by atoms with Crippen LogP contribution in [0.1, 0.15) is 45.4 Å². The highest BCUT2D eigenvalue weighted by atomic mass is 32.2. The average Bonchev–Trinajstić information content (AvgIpc) is 2.89. The number of hydrogen-bond donors (Lipinski definition) is 1. The Balaban J connectivity index is 1.77. The van der Waals surface area contributed by atoms with Gasteiger partial charge in [0.15, 0.2) is 0 Å². The molecule has 1 aliphatic carbocycles. The fourth-order valence-electron chi connectivity index (χ4n) is 3.07. The second-order valence-electron chi connectivity index (χ2n) is 5.80. The maximum absolute atomic E-state index is 3.66. The molecule has 0 saturated heterocycles. The molecule has 2 heteroatoms. The minimum Gasteiger partial charge on any atom is -0.316 e. The standard InChI is InChI=1S/C17H27NS/c1-2-13-18-15-17(10-6-7-11-17)12-14-19-16-8-4-3-5-9-16/h3-5,8-9,18H,2,6-7,10-15H2,1H3. The lowest BCUT2D eigenvalue weighted by Crippen LogP contribution is -2.33. The monoisotopic (exact) mass is 277 g/mol. The topological polar surface area (TPSA) is 12.0 Å². The predicted molar refractivity (Wildman–Crippen MR) is 85.8 cm³/mol. The number of thioether (sulfide) groups is 1. The number of rotatable bonds is 8. The highest BCUT2D eigenvalue weighted by Crippen LogP contribution is 2.41. The van der Waals surface area contributed by atoms with Crippen LogP contribution in [0.25, 0.3) is 0 Å². The Kier molecular flexibility index (Phi) is 6.25. The molecule has 1 N–H and O–H groups in total. The summed E-state index contributed by atoms with van der Waals surface area (Å²) < 4.78 is 0. The number of hydrogen-bond acceptors (Lipinski definition) is 2. The Morgan fingerprint density at radius 3 is 2.58 bits per heavy atom. The molecule has 2 rings (SSSR count). The van der Waals surface area contributed by atoms with Crippen molar-refractivity contribution in [2.45, 2.75) is 50.3 Å². The summed E-state index contributed by atoms with van der Waals surface area (Å²) in [6.45, 7) is 4.66. The summed E-state index contributed by atoms with van der Waals surface area (Å²) in [5.74, 6) is 1.26. The van der Waals surface area contributed by atoms with Crippen molar-refractivity contribution in [1.82, 2.24) is 5.32 Å². The van der Waals surface area contributed by atoms with Crippen LogP contribution in [0, 0.1) is 5.41 Å². The normalized spacial score (nSPS) is 17.7. The van der Waals surface area contributed by atoms with Gasteiger partial charge in [-0.2, -0.15) is 0 Å². The van der Waals surface area contributed by atoms with E-state index in [4.69, 9.17) is 0 Å². The van der Waals surface area contributed by atoms with E-state index in [0.29, 0.717) is 5.41 Å². The van der Waals surface area contributed by atoms with Crippen molar-refractivity contribution in [3.05, 3.63) is 30.3 Å². The molecule has 1 aromatic carbocycles. The van der Waals surface area contributed by atoms with Gasteiger partial charge < -0.3 is 5.32 Å². The summed E-state index contributed by atoms with van der Waals surface area (Å²) in [4.78, 5) is 1.41. The third-order valence-electron chi connectivity index (χ3n) is 4.24. The molecule has 0 amide bonds. The fourth-order valence-corrected chi connectivity index (χ4v) is 4.19. The zero-order chi connectivity index (χ0) is 13.4. The van der Waals surface area contributed by atoms with E-state index in [1.54, 1.807) is 0 Å². The summed E-state index contributed by atoms with van der Waals surface area (Å²) in [6.07, 6.45) is 8.34. The van der Waals surface area contributed by atoms with Crippen molar-refractivity contribution in [1.29, 1.82) is 0 Å². The van der Waals surface area contributed by atoms with E-state index < -0.39 is 0 Å². The molecule has 1 nitrogen and oxygen atoms in total. The summed E-state index contributed by atoms with van der Waals surface area (Å²) in [6, 6.07) is 10.8. The summed E-state index contributed by atoms with van der Waals surface area (Å²) in [5, 5.41) is 3.66. The third-order valence-corrected chi connectivity index (χ3v) is 5.25. The molecular formula is C17H27NS. The van der Waals surface area contributed by atoms with Crippen LogP contribution in [-0.4, -0.2) is 18.8 Å². The van der Waals surface area contributed by atoms with Crippen molar-refractivity contribution in [2.75, 3.05) is 18.8 Å². The van der Waals surface area contributed by atoms with Gasteiger partial charge in [-0.25, -0.2) is 0 Å². The lowest BCUT2D eigenvalue weighted by molar-refractivity contribution is 0.272. The fraction of sp³-hybridized carbons (Fsp3) is 0.647. The molecule has 1 saturated carbocycles. The van der Waals surface area contributed by atoms with Gasteiger partial charge in [0.2, 0.25) is 0 Å². The SMILES string of the molecule is CCCNCC1(CCSc2ccccc2)CCCC1. The molecule has 0 aliphatic heterocycles. The van der Waals surface area contributed by atoms with E-state index in [1.165, 1.54) is 62.3 Å². The first-order chi connectivity index (χ1) is 9.35. The second kappa shape index (κ2) is 7.96. The molecule has 0 unspecified atom stereocenters. The number of benzene rings is 1. The molecule has 1 aromatic rings. The summed E-state index contributed by atoms with van der Waals surface area (Å²) in [5.41, 5.74) is 0.594. The lowest BCUT2D eigenvalue weighted by atomic mass is 9.83. The highest BCUT2D eigenvalue weighted by Gasteiger charge is 2.32. The van der Waals surface area contributed by atoms with Crippen molar-refractivity contribution in [3.63, 3.8) is 0 Å². The van der Waals surface area contributed by atoms with Crippen LogP contribution in [0.5, 0.6) is 0 Å². The minimum absolute atomic E-state index is 0.594. The van der Waals surface area contributed by atoms with E-state index >= 15 is 0 Å². The Bertz CT molecular complexity index is 344. The van der Waals surface area contributed by atoms with Gasteiger partial charge in [0.25, 0.3) is 0 Å². The van der Waals surface area contributed by atoms with E-state index in [1.807, 2.05) is 11.8 Å². The second-order valence-corrected chi connectivity index (χ2v) is 6.96. The van der Waals surface area contributed by atoms with Gasteiger partial charge >= 0.3 is 0 Å². The van der Waals surface area contributed by atoms with Crippen LogP contribution >= 0.6 is 11.8 Å². The van der Waals surface area contributed by atoms with Gasteiger partial charge in [0.1, 0.15) is 0 Å². The molecule has 19 heavy (non-hydrogen) atoms. The summed E-state index contributed by atoms with van der Waals surface area (Å²) in [7, 11) is 0. The van der Waals surface area contributed by atoms with Gasteiger partial charge in [-0.1, -0.05) is 38.0 Å². The first-order valence-corrected chi connectivity index (χ1v) is 8.72. The predicted octanol–water partition coefficient (Wildman–Crippen LogP) is 4.73. The van der Waals surface area contributed by atoms with Crippen LogP contribution in [0.4, 0.5) is 0 Å². The quantitative estimate of drug-likeness (QED) is 0.544. The molecular weight excluding hydrogens is 250 g/mol. The maximum atomic E-state index is 3.66. The smallest absolute Gasteiger partial charge is 0.00719 e. The average molecular weight is 277 g/mol. The molecule has 0 heterocycles. The van der Waals surface area contributed by atoms with Crippen molar-refractivity contribution >= 4 is 11.8 Å². The van der Waals surface area contributed by atoms with Crippen LogP contribution in [-0.2, 0) is 0 Å². The molecule has 0 spiro atoms. The Morgan fingerprint density at radius 2 is 1.89 bits per heavy atom. The van der Waals surface area contributed by atoms with Crippen LogP contribution in [0.3, 0.4) is 0 Å². The Labute approximate surface area is 122 Å². The van der Waals surface area contributed by atoms with Crippen molar-refractivity contribution in [3.8, 4) is 0 Å². The van der Waals surface area contributed by atoms with Crippen LogP contribution in [0.2, 0.25) is 0 Å². The van der Waals surface area contributed by atoms with E-state index in [9.17, 15) is 0 Å². The van der Waals surface area contributed by atoms with Crippen LogP contribution in [0.15, 0.2) is 35.2 Å².